The lowest BCUT2D eigenvalue weighted by Crippen LogP contribution is -2.35. The fraction of sp³-hybridized carbons (Fsp3) is 0.364. The summed E-state index contributed by atoms with van der Waals surface area (Å²) in [6, 6.07) is 4.38. The van der Waals surface area contributed by atoms with Gasteiger partial charge in [0.1, 0.15) is 5.82 Å². The van der Waals surface area contributed by atoms with E-state index in [1.807, 2.05) is 0 Å². The molecule has 0 radical (unpaired) electrons. The van der Waals surface area contributed by atoms with E-state index < -0.39 is 5.82 Å². The summed E-state index contributed by atoms with van der Waals surface area (Å²) in [6.07, 6.45) is 1.80. The van der Waals surface area contributed by atoms with Gasteiger partial charge in [-0.25, -0.2) is 4.39 Å². The first-order valence-corrected chi connectivity index (χ1v) is 5.95. The Morgan fingerprint density at radius 1 is 1.53 bits per heavy atom. The van der Waals surface area contributed by atoms with Crippen LogP contribution in [0.4, 0.5) is 10.1 Å². The van der Waals surface area contributed by atoms with E-state index >= 15 is 0 Å². The molecule has 17 heavy (non-hydrogen) atoms. The van der Waals surface area contributed by atoms with Gasteiger partial charge in [0, 0.05) is 4.47 Å². The fourth-order valence-electron chi connectivity index (χ4n) is 1.72. The number of carbonyl (C=O) groups excluding carboxylic acids is 1. The monoisotopic (exact) mass is 322 g/mol. The van der Waals surface area contributed by atoms with Gasteiger partial charge in [0.15, 0.2) is 0 Å². The summed E-state index contributed by atoms with van der Waals surface area (Å²) in [6.45, 7) is 0.848. The van der Waals surface area contributed by atoms with E-state index in [1.54, 1.807) is 12.1 Å². The van der Waals surface area contributed by atoms with E-state index in [0.717, 1.165) is 19.4 Å². The number of rotatable bonds is 2. The largest absolute Gasteiger partial charge is 0.322 e. The second-order valence-electron chi connectivity index (χ2n) is 3.76. The van der Waals surface area contributed by atoms with E-state index in [-0.39, 0.29) is 30.0 Å². The van der Waals surface area contributed by atoms with Gasteiger partial charge in [-0.1, -0.05) is 15.9 Å². The highest BCUT2D eigenvalue weighted by molar-refractivity contribution is 9.10. The smallest absolute Gasteiger partial charge is 0.241 e. The predicted octanol–water partition coefficient (Wildman–Crippen LogP) is 2.70. The highest BCUT2D eigenvalue weighted by Crippen LogP contribution is 2.20. The molecule has 6 heteroatoms. The molecule has 0 aliphatic carbocycles. The van der Waals surface area contributed by atoms with Gasteiger partial charge in [0.05, 0.1) is 11.7 Å². The quantitative estimate of drug-likeness (QED) is 0.878. The van der Waals surface area contributed by atoms with E-state index in [1.165, 1.54) is 6.07 Å². The molecule has 1 saturated heterocycles. The Hall–Kier alpha value is -0.650. The topological polar surface area (TPSA) is 41.1 Å². The van der Waals surface area contributed by atoms with Gasteiger partial charge in [-0.15, -0.1) is 12.4 Å². The number of benzene rings is 1. The highest BCUT2D eigenvalue weighted by atomic mass is 79.9. The van der Waals surface area contributed by atoms with Crippen LogP contribution in [0.3, 0.4) is 0 Å². The molecule has 3 nitrogen and oxygen atoms in total. The molecular weight excluding hydrogens is 310 g/mol. The van der Waals surface area contributed by atoms with Crippen LogP contribution >= 0.6 is 28.3 Å². The van der Waals surface area contributed by atoms with Crippen molar-refractivity contribution in [1.82, 2.24) is 5.32 Å². The molecule has 1 amide bonds. The molecule has 94 valence electrons. The number of hydrogen-bond donors (Lipinski definition) is 2. The van der Waals surface area contributed by atoms with E-state index in [2.05, 4.69) is 26.6 Å². The Morgan fingerprint density at radius 2 is 2.29 bits per heavy atom. The number of carbonyl (C=O) groups is 1. The summed E-state index contributed by atoms with van der Waals surface area (Å²) < 4.78 is 14.1. The van der Waals surface area contributed by atoms with Crippen LogP contribution in [-0.4, -0.2) is 18.5 Å². The third-order valence-electron chi connectivity index (χ3n) is 2.57. The lowest BCUT2D eigenvalue weighted by molar-refractivity contribution is -0.117. The minimum atomic E-state index is -0.430. The molecule has 2 N–H and O–H groups in total. The van der Waals surface area contributed by atoms with Crippen molar-refractivity contribution in [2.24, 2.45) is 0 Å². The highest BCUT2D eigenvalue weighted by Gasteiger charge is 2.22. The van der Waals surface area contributed by atoms with Crippen LogP contribution < -0.4 is 10.6 Å². The molecule has 1 heterocycles. The average molecular weight is 324 g/mol. The van der Waals surface area contributed by atoms with Crippen LogP contribution in [0, 0.1) is 5.82 Å². The molecule has 0 spiro atoms. The van der Waals surface area contributed by atoms with Crippen molar-refractivity contribution in [3.05, 3.63) is 28.5 Å². The summed E-state index contributed by atoms with van der Waals surface area (Å²) in [7, 11) is 0. The van der Waals surface area contributed by atoms with Crippen molar-refractivity contribution in [3.63, 3.8) is 0 Å². The van der Waals surface area contributed by atoms with Gasteiger partial charge in [-0.2, -0.15) is 0 Å². The molecule has 1 fully saturated rings. The SMILES string of the molecule is Cl.O=C(Nc1ccc(Br)cc1F)C1CCCN1. The summed E-state index contributed by atoms with van der Waals surface area (Å²) in [4.78, 5) is 11.7. The Kier molecular flexibility index (Phi) is 5.36. The van der Waals surface area contributed by atoms with Crippen molar-refractivity contribution >= 4 is 39.9 Å². The number of anilines is 1. The Morgan fingerprint density at radius 3 is 2.88 bits per heavy atom. The summed E-state index contributed by atoms with van der Waals surface area (Å²) >= 11 is 3.16. The normalized spacial score (nSPS) is 18.6. The summed E-state index contributed by atoms with van der Waals surface area (Å²) in [5, 5.41) is 5.65. The first-order valence-electron chi connectivity index (χ1n) is 5.16. The molecule has 2 rings (SSSR count). The lowest BCUT2D eigenvalue weighted by atomic mass is 10.2. The summed E-state index contributed by atoms with van der Waals surface area (Å²) in [5.74, 6) is -0.598. The van der Waals surface area contributed by atoms with Crippen molar-refractivity contribution in [2.45, 2.75) is 18.9 Å². The molecule has 1 aromatic rings. The number of amides is 1. The van der Waals surface area contributed by atoms with Gasteiger partial charge in [-0.3, -0.25) is 4.79 Å². The predicted molar refractivity (Wildman–Crippen MR) is 71.0 cm³/mol. The lowest BCUT2D eigenvalue weighted by Gasteiger charge is -2.11. The Balaban J connectivity index is 0.00000144. The second-order valence-corrected chi connectivity index (χ2v) is 4.68. The number of nitrogens with one attached hydrogen (secondary N) is 2. The maximum atomic E-state index is 13.4. The molecule has 0 aromatic heterocycles. The van der Waals surface area contributed by atoms with Gasteiger partial charge >= 0.3 is 0 Å². The molecular formula is C11H13BrClFN2O. The van der Waals surface area contributed by atoms with Crippen LogP contribution in [0.2, 0.25) is 0 Å². The zero-order chi connectivity index (χ0) is 11.5. The van der Waals surface area contributed by atoms with E-state index in [9.17, 15) is 9.18 Å². The van der Waals surface area contributed by atoms with Gasteiger partial charge in [0.25, 0.3) is 0 Å². The molecule has 1 atom stereocenters. The minimum absolute atomic E-state index is 0. The van der Waals surface area contributed by atoms with Crippen LogP contribution in [0.5, 0.6) is 0 Å². The number of hydrogen-bond acceptors (Lipinski definition) is 2. The second kappa shape index (κ2) is 6.33. The summed E-state index contributed by atoms with van der Waals surface area (Å²) in [5.41, 5.74) is 0.224. The maximum absolute atomic E-state index is 13.4. The fourth-order valence-corrected chi connectivity index (χ4v) is 2.05. The molecule has 1 unspecified atom stereocenters. The van der Waals surface area contributed by atoms with Crippen molar-refractivity contribution in [1.29, 1.82) is 0 Å². The van der Waals surface area contributed by atoms with Crippen molar-refractivity contribution in [2.75, 3.05) is 11.9 Å². The maximum Gasteiger partial charge on any atom is 0.241 e. The zero-order valence-electron chi connectivity index (χ0n) is 9.00. The van der Waals surface area contributed by atoms with Crippen LogP contribution in [0.15, 0.2) is 22.7 Å². The number of halogens is 3. The molecule has 0 saturated carbocycles. The third-order valence-corrected chi connectivity index (χ3v) is 3.06. The van der Waals surface area contributed by atoms with Crippen LogP contribution in [0.25, 0.3) is 0 Å². The Labute approximate surface area is 114 Å². The third kappa shape index (κ3) is 3.66. The van der Waals surface area contributed by atoms with Crippen molar-refractivity contribution < 1.29 is 9.18 Å². The van der Waals surface area contributed by atoms with Gasteiger partial charge in [-0.05, 0) is 37.6 Å². The van der Waals surface area contributed by atoms with Gasteiger partial charge in [0.2, 0.25) is 5.91 Å². The Bertz CT molecular complexity index is 410. The first-order chi connectivity index (χ1) is 7.66. The van der Waals surface area contributed by atoms with Crippen LogP contribution in [-0.2, 0) is 4.79 Å². The van der Waals surface area contributed by atoms with E-state index in [0.29, 0.717) is 4.47 Å². The van der Waals surface area contributed by atoms with Crippen molar-refractivity contribution in [3.8, 4) is 0 Å². The standard InChI is InChI=1S/C11H12BrFN2O.ClH/c12-7-3-4-9(8(13)6-7)15-11(16)10-2-1-5-14-10;/h3-4,6,10,14H,1-2,5H2,(H,15,16);1H. The molecule has 1 aliphatic heterocycles. The average Bonchev–Trinajstić information content (AvgIpc) is 2.75. The minimum Gasteiger partial charge on any atom is -0.322 e. The van der Waals surface area contributed by atoms with Crippen LogP contribution in [0.1, 0.15) is 12.8 Å². The molecule has 0 bridgehead atoms. The molecule has 1 aromatic carbocycles. The van der Waals surface area contributed by atoms with Gasteiger partial charge < -0.3 is 10.6 Å². The van der Waals surface area contributed by atoms with E-state index in [4.69, 9.17) is 0 Å². The zero-order valence-corrected chi connectivity index (χ0v) is 11.4. The molecule has 1 aliphatic rings. The first kappa shape index (κ1) is 14.4.